The second-order valence-electron chi connectivity index (χ2n) is 4.39. The van der Waals surface area contributed by atoms with Crippen molar-refractivity contribution in [2.24, 2.45) is 0 Å². The number of unbranched alkanes of at least 4 members (excludes halogenated alkanes) is 2. The Labute approximate surface area is 113 Å². The monoisotopic (exact) mass is 269 g/mol. The van der Waals surface area contributed by atoms with Gasteiger partial charge in [-0.15, -0.1) is 0 Å². The first-order chi connectivity index (χ1) is 8.54. The normalized spacial score (nSPS) is 10.2. The van der Waals surface area contributed by atoms with Gasteiger partial charge in [-0.2, -0.15) is 0 Å². The molecule has 0 aromatic carbocycles. The molecule has 0 aliphatic heterocycles. The number of anilines is 1. The summed E-state index contributed by atoms with van der Waals surface area (Å²) in [7, 11) is 3.73. The molecule has 0 bridgehead atoms. The molecule has 0 aliphatic rings. The van der Waals surface area contributed by atoms with Crippen LogP contribution in [0, 0.1) is 0 Å². The van der Waals surface area contributed by atoms with Crippen molar-refractivity contribution in [2.75, 3.05) is 25.5 Å². The number of pyridine rings is 1. The molecule has 0 radical (unpaired) electrons. The first kappa shape index (κ1) is 14.8. The third-order valence-electron chi connectivity index (χ3n) is 2.57. The zero-order valence-corrected chi connectivity index (χ0v) is 11.9. The minimum Gasteiger partial charge on any atom is -0.363 e. The van der Waals surface area contributed by atoms with Crippen LogP contribution >= 0.6 is 11.6 Å². The quantitative estimate of drug-likeness (QED) is 0.638. The lowest BCUT2D eigenvalue weighted by atomic mass is 10.2. The number of aromatic nitrogens is 1. The van der Waals surface area contributed by atoms with Crippen molar-refractivity contribution >= 4 is 23.3 Å². The Kier molecular flexibility index (Phi) is 5.92. The van der Waals surface area contributed by atoms with Gasteiger partial charge in [0.1, 0.15) is 11.0 Å². The van der Waals surface area contributed by atoms with Gasteiger partial charge in [0.25, 0.3) is 5.91 Å². The largest absolute Gasteiger partial charge is 0.363 e. The lowest BCUT2D eigenvalue weighted by Crippen LogP contribution is -2.25. The van der Waals surface area contributed by atoms with Crippen LogP contribution in [-0.2, 0) is 0 Å². The Morgan fingerprint density at radius 2 is 2.11 bits per heavy atom. The summed E-state index contributed by atoms with van der Waals surface area (Å²) in [5.74, 6) is 0.583. The Morgan fingerprint density at radius 1 is 1.39 bits per heavy atom. The Bertz CT molecular complexity index is 407. The van der Waals surface area contributed by atoms with Gasteiger partial charge in [0.2, 0.25) is 0 Å². The maximum absolute atomic E-state index is 11.9. The second kappa shape index (κ2) is 7.21. The summed E-state index contributed by atoms with van der Waals surface area (Å²) in [6, 6.07) is 3.32. The predicted molar refractivity (Wildman–Crippen MR) is 75.4 cm³/mol. The minimum absolute atomic E-state index is 0.0986. The van der Waals surface area contributed by atoms with E-state index in [2.05, 4.69) is 17.2 Å². The SMILES string of the molecule is CCCCCNC(=O)c1cc(Cl)nc(N(C)C)c1. The van der Waals surface area contributed by atoms with Gasteiger partial charge in [-0.25, -0.2) is 4.98 Å². The van der Waals surface area contributed by atoms with E-state index in [-0.39, 0.29) is 5.91 Å². The van der Waals surface area contributed by atoms with Crippen LogP contribution in [0.5, 0.6) is 0 Å². The highest BCUT2D eigenvalue weighted by Crippen LogP contribution is 2.16. The van der Waals surface area contributed by atoms with Crippen LogP contribution in [0.3, 0.4) is 0 Å². The van der Waals surface area contributed by atoms with E-state index in [1.807, 2.05) is 19.0 Å². The molecule has 18 heavy (non-hydrogen) atoms. The van der Waals surface area contributed by atoms with Gasteiger partial charge in [-0.1, -0.05) is 31.4 Å². The molecule has 0 spiro atoms. The number of hydrogen-bond acceptors (Lipinski definition) is 3. The fourth-order valence-corrected chi connectivity index (χ4v) is 1.73. The van der Waals surface area contributed by atoms with E-state index in [0.29, 0.717) is 23.1 Å². The van der Waals surface area contributed by atoms with Crippen molar-refractivity contribution < 1.29 is 4.79 Å². The van der Waals surface area contributed by atoms with Crippen molar-refractivity contribution in [1.29, 1.82) is 0 Å². The fraction of sp³-hybridized carbons (Fsp3) is 0.538. The zero-order chi connectivity index (χ0) is 13.5. The Morgan fingerprint density at radius 3 is 2.72 bits per heavy atom. The molecule has 5 heteroatoms. The van der Waals surface area contributed by atoms with Gasteiger partial charge in [-0.05, 0) is 18.6 Å². The molecule has 1 aromatic rings. The summed E-state index contributed by atoms with van der Waals surface area (Å²) in [6.07, 6.45) is 3.27. The summed E-state index contributed by atoms with van der Waals surface area (Å²) < 4.78 is 0. The van der Waals surface area contributed by atoms with Crippen LogP contribution in [0.25, 0.3) is 0 Å². The molecule has 0 unspecified atom stereocenters. The van der Waals surface area contributed by atoms with E-state index in [1.54, 1.807) is 12.1 Å². The van der Waals surface area contributed by atoms with E-state index < -0.39 is 0 Å². The molecule has 1 amide bonds. The smallest absolute Gasteiger partial charge is 0.251 e. The number of nitrogens with zero attached hydrogens (tertiary/aromatic N) is 2. The molecular formula is C13H20ClN3O. The maximum atomic E-state index is 11.9. The van der Waals surface area contributed by atoms with Gasteiger partial charge >= 0.3 is 0 Å². The number of hydrogen-bond donors (Lipinski definition) is 1. The summed E-state index contributed by atoms with van der Waals surface area (Å²) in [4.78, 5) is 17.9. The maximum Gasteiger partial charge on any atom is 0.251 e. The standard InChI is InChI=1S/C13H20ClN3O/c1-4-5-6-7-15-13(18)10-8-11(14)16-12(9-10)17(2)3/h8-9H,4-7H2,1-3H3,(H,15,18). The summed E-state index contributed by atoms with van der Waals surface area (Å²) in [5.41, 5.74) is 0.551. The molecule has 1 rings (SSSR count). The number of amides is 1. The number of halogens is 1. The first-order valence-corrected chi connectivity index (χ1v) is 6.55. The molecule has 4 nitrogen and oxygen atoms in total. The highest BCUT2D eigenvalue weighted by molar-refractivity contribution is 6.29. The molecule has 1 aromatic heterocycles. The van der Waals surface area contributed by atoms with Crippen molar-refractivity contribution in [2.45, 2.75) is 26.2 Å². The van der Waals surface area contributed by atoms with Crippen LogP contribution < -0.4 is 10.2 Å². The van der Waals surface area contributed by atoms with Crippen molar-refractivity contribution in [1.82, 2.24) is 10.3 Å². The van der Waals surface area contributed by atoms with Crippen LogP contribution in [-0.4, -0.2) is 31.5 Å². The van der Waals surface area contributed by atoms with Crippen molar-refractivity contribution in [3.05, 3.63) is 22.8 Å². The molecule has 0 fully saturated rings. The van der Waals surface area contributed by atoms with E-state index in [4.69, 9.17) is 11.6 Å². The predicted octanol–water partition coefficient (Wildman–Crippen LogP) is 2.72. The molecule has 0 aliphatic carbocycles. The lowest BCUT2D eigenvalue weighted by Gasteiger charge is -2.13. The van der Waals surface area contributed by atoms with Gasteiger partial charge in [-0.3, -0.25) is 4.79 Å². The van der Waals surface area contributed by atoms with Crippen LogP contribution in [0.15, 0.2) is 12.1 Å². The second-order valence-corrected chi connectivity index (χ2v) is 4.78. The Balaban J connectivity index is 2.67. The Hall–Kier alpha value is -1.29. The van der Waals surface area contributed by atoms with E-state index >= 15 is 0 Å². The third-order valence-corrected chi connectivity index (χ3v) is 2.76. The average Bonchev–Trinajstić information content (AvgIpc) is 2.33. The molecular weight excluding hydrogens is 250 g/mol. The number of rotatable bonds is 6. The molecule has 1 N–H and O–H groups in total. The van der Waals surface area contributed by atoms with E-state index in [9.17, 15) is 4.79 Å². The van der Waals surface area contributed by atoms with Crippen LogP contribution in [0.1, 0.15) is 36.5 Å². The van der Waals surface area contributed by atoms with Gasteiger partial charge in [0, 0.05) is 26.2 Å². The fourth-order valence-electron chi connectivity index (χ4n) is 1.52. The number of nitrogens with one attached hydrogen (secondary N) is 1. The summed E-state index contributed by atoms with van der Waals surface area (Å²) in [5, 5.41) is 3.22. The molecule has 1 heterocycles. The van der Waals surface area contributed by atoms with Crippen LogP contribution in [0.4, 0.5) is 5.82 Å². The number of carbonyl (C=O) groups excluding carboxylic acids is 1. The van der Waals surface area contributed by atoms with Gasteiger partial charge in [0.15, 0.2) is 0 Å². The molecule has 0 saturated carbocycles. The number of carbonyl (C=O) groups is 1. The van der Waals surface area contributed by atoms with Gasteiger partial charge in [0.05, 0.1) is 0 Å². The first-order valence-electron chi connectivity index (χ1n) is 6.17. The van der Waals surface area contributed by atoms with Crippen molar-refractivity contribution in [3.63, 3.8) is 0 Å². The summed E-state index contributed by atoms with van der Waals surface area (Å²) in [6.45, 7) is 2.83. The van der Waals surface area contributed by atoms with Crippen molar-refractivity contribution in [3.8, 4) is 0 Å². The van der Waals surface area contributed by atoms with E-state index in [0.717, 1.165) is 19.3 Å². The highest BCUT2D eigenvalue weighted by atomic mass is 35.5. The molecule has 100 valence electrons. The van der Waals surface area contributed by atoms with Gasteiger partial charge < -0.3 is 10.2 Å². The topological polar surface area (TPSA) is 45.2 Å². The minimum atomic E-state index is -0.0986. The molecule has 0 saturated heterocycles. The third kappa shape index (κ3) is 4.53. The average molecular weight is 270 g/mol. The molecule has 0 atom stereocenters. The van der Waals surface area contributed by atoms with E-state index in [1.165, 1.54) is 0 Å². The lowest BCUT2D eigenvalue weighted by molar-refractivity contribution is 0.0953. The summed E-state index contributed by atoms with van der Waals surface area (Å²) >= 11 is 5.90. The van der Waals surface area contributed by atoms with Crippen LogP contribution in [0.2, 0.25) is 5.15 Å². The highest BCUT2D eigenvalue weighted by Gasteiger charge is 2.09. The zero-order valence-electron chi connectivity index (χ0n) is 11.2.